The van der Waals surface area contributed by atoms with Gasteiger partial charge in [0.25, 0.3) is 0 Å². The van der Waals surface area contributed by atoms with Gasteiger partial charge in [-0.25, -0.2) is 0 Å². The van der Waals surface area contributed by atoms with Crippen molar-refractivity contribution in [2.24, 2.45) is 0 Å². The molecule has 0 aromatic rings. The fraction of sp³-hybridized carbons (Fsp3) is 0.750. The first-order chi connectivity index (χ1) is 6.02. The summed E-state index contributed by atoms with van der Waals surface area (Å²) >= 11 is 0. The van der Waals surface area contributed by atoms with E-state index in [9.17, 15) is 9.59 Å². The van der Waals surface area contributed by atoms with Crippen molar-refractivity contribution in [2.45, 2.75) is 26.3 Å². The number of hydrogen-bond donors (Lipinski definition) is 2. The first kappa shape index (κ1) is 11.9. The zero-order chi connectivity index (χ0) is 10.4. The van der Waals surface area contributed by atoms with Crippen LogP contribution in [0.25, 0.3) is 0 Å². The van der Waals surface area contributed by atoms with E-state index in [0.29, 0.717) is 13.0 Å². The van der Waals surface area contributed by atoms with Crippen molar-refractivity contribution in [2.75, 3.05) is 13.1 Å². The van der Waals surface area contributed by atoms with Crippen LogP contribution in [-0.2, 0) is 9.59 Å². The Balaban J connectivity index is 4.33. The lowest BCUT2D eigenvalue weighted by atomic mass is 10.2. The zero-order valence-electron chi connectivity index (χ0n) is 7.86. The smallest absolute Gasteiger partial charge is 0.320 e. The molecule has 0 saturated carbocycles. The number of rotatable bonds is 6. The van der Waals surface area contributed by atoms with Gasteiger partial charge < -0.3 is 10.2 Å². The molecule has 5 heteroatoms. The van der Waals surface area contributed by atoms with Gasteiger partial charge in [-0.2, -0.15) is 0 Å². The van der Waals surface area contributed by atoms with Crippen LogP contribution in [0.3, 0.4) is 0 Å². The Morgan fingerprint density at radius 3 is 2.08 bits per heavy atom. The Kier molecular flexibility index (Phi) is 5.06. The largest absolute Gasteiger partial charge is 0.480 e. The van der Waals surface area contributed by atoms with Crippen molar-refractivity contribution >= 4 is 11.9 Å². The Morgan fingerprint density at radius 2 is 1.85 bits per heavy atom. The fourth-order valence-electron chi connectivity index (χ4n) is 1.21. The molecule has 0 aliphatic carbocycles. The van der Waals surface area contributed by atoms with Crippen molar-refractivity contribution in [3.05, 3.63) is 0 Å². The van der Waals surface area contributed by atoms with E-state index in [4.69, 9.17) is 10.2 Å². The van der Waals surface area contributed by atoms with Gasteiger partial charge in [0, 0.05) is 0 Å². The number of carbonyl (C=O) groups is 2. The molecule has 0 heterocycles. The molecule has 0 aliphatic rings. The second kappa shape index (κ2) is 5.53. The van der Waals surface area contributed by atoms with E-state index in [1.165, 1.54) is 4.90 Å². The highest BCUT2D eigenvalue weighted by Crippen LogP contribution is 2.03. The van der Waals surface area contributed by atoms with E-state index in [-0.39, 0.29) is 6.54 Å². The summed E-state index contributed by atoms with van der Waals surface area (Å²) in [6.45, 7) is 3.68. The topological polar surface area (TPSA) is 77.8 Å². The first-order valence-corrected chi connectivity index (χ1v) is 4.21. The maximum absolute atomic E-state index is 10.7. The summed E-state index contributed by atoms with van der Waals surface area (Å²) in [5.41, 5.74) is 0. The predicted molar refractivity (Wildman–Crippen MR) is 46.6 cm³/mol. The number of hydrogen-bond acceptors (Lipinski definition) is 3. The normalized spacial score (nSPS) is 12.8. The molecule has 0 amide bonds. The SMILES string of the molecule is CCC(C(=O)O)N(CC)CC(=O)O. The van der Waals surface area contributed by atoms with Crippen LogP contribution in [0.2, 0.25) is 0 Å². The Hall–Kier alpha value is -1.10. The lowest BCUT2D eigenvalue weighted by Gasteiger charge is -2.24. The van der Waals surface area contributed by atoms with Gasteiger partial charge in [0.2, 0.25) is 0 Å². The molecule has 0 bridgehead atoms. The Labute approximate surface area is 77.0 Å². The van der Waals surface area contributed by atoms with Crippen molar-refractivity contribution in [3.8, 4) is 0 Å². The highest BCUT2D eigenvalue weighted by Gasteiger charge is 2.23. The fourth-order valence-corrected chi connectivity index (χ4v) is 1.21. The van der Waals surface area contributed by atoms with Gasteiger partial charge in [-0.1, -0.05) is 13.8 Å². The molecule has 13 heavy (non-hydrogen) atoms. The monoisotopic (exact) mass is 189 g/mol. The molecule has 0 spiro atoms. The van der Waals surface area contributed by atoms with Gasteiger partial charge in [0.15, 0.2) is 0 Å². The number of aliphatic carboxylic acids is 2. The third-order valence-corrected chi connectivity index (χ3v) is 1.86. The van der Waals surface area contributed by atoms with Crippen LogP contribution in [0.5, 0.6) is 0 Å². The van der Waals surface area contributed by atoms with Crippen molar-refractivity contribution in [1.82, 2.24) is 4.90 Å². The van der Waals surface area contributed by atoms with Crippen molar-refractivity contribution in [3.63, 3.8) is 0 Å². The van der Waals surface area contributed by atoms with E-state index in [2.05, 4.69) is 0 Å². The summed E-state index contributed by atoms with van der Waals surface area (Å²) in [4.78, 5) is 22.5. The number of carboxylic acid groups (broad SMARTS) is 2. The quantitative estimate of drug-likeness (QED) is 0.626. The van der Waals surface area contributed by atoms with Gasteiger partial charge in [0.05, 0.1) is 6.54 Å². The van der Waals surface area contributed by atoms with E-state index in [0.717, 1.165) is 0 Å². The van der Waals surface area contributed by atoms with Crippen molar-refractivity contribution in [1.29, 1.82) is 0 Å². The average molecular weight is 189 g/mol. The molecule has 5 nitrogen and oxygen atoms in total. The molecule has 2 N–H and O–H groups in total. The summed E-state index contributed by atoms with van der Waals surface area (Å²) in [7, 11) is 0. The van der Waals surface area contributed by atoms with Crippen LogP contribution in [0.4, 0.5) is 0 Å². The lowest BCUT2D eigenvalue weighted by Crippen LogP contribution is -2.43. The number of nitrogens with zero attached hydrogens (tertiary/aromatic N) is 1. The molecule has 0 rings (SSSR count). The van der Waals surface area contributed by atoms with E-state index in [1.54, 1.807) is 13.8 Å². The zero-order valence-corrected chi connectivity index (χ0v) is 7.86. The third kappa shape index (κ3) is 3.89. The van der Waals surface area contributed by atoms with Crippen LogP contribution in [0, 0.1) is 0 Å². The number of likely N-dealkylation sites (N-methyl/N-ethyl adjacent to an activating group) is 1. The van der Waals surface area contributed by atoms with Gasteiger partial charge in [-0.15, -0.1) is 0 Å². The molecule has 0 saturated heterocycles. The highest BCUT2D eigenvalue weighted by molar-refractivity contribution is 5.75. The second-order valence-corrected chi connectivity index (χ2v) is 2.72. The molecule has 0 fully saturated rings. The minimum atomic E-state index is -0.999. The predicted octanol–water partition coefficient (Wildman–Crippen LogP) is 0.256. The summed E-state index contributed by atoms with van der Waals surface area (Å²) < 4.78 is 0. The lowest BCUT2D eigenvalue weighted by molar-refractivity contribution is -0.146. The summed E-state index contributed by atoms with van der Waals surface area (Å²) in [6.07, 6.45) is 0.413. The molecule has 0 aromatic carbocycles. The van der Waals surface area contributed by atoms with Crippen LogP contribution >= 0.6 is 0 Å². The molecule has 76 valence electrons. The summed E-state index contributed by atoms with van der Waals surface area (Å²) in [6, 6.07) is -0.693. The van der Waals surface area contributed by atoms with Crippen LogP contribution in [0.1, 0.15) is 20.3 Å². The molecule has 1 unspecified atom stereocenters. The minimum absolute atomic E-state index is 0.221. The van der Waals surface area contributed by atoms with Crippen LogP contribution < -0.4 is 0 Å². The van der Waals surface area contributed by atoms with Gasteiger partial charge >= 0.3 is 11.9 Å². The molecular formula is C8H15NO4. The molecule has 1 atom stereocenters. The van der Waals surface area contributed by atoms with Crippen molar-refractivity contribution < 1.29 is 19.8 Å². The second-order valence-electron chi connectivity index (χ2n) is 2.72. The van der Waals surface area contributed by atoms with Gasteiger partial charge in [-0.3, -0.25) is 14.5 Å². The number of carboxylic acids is 2. The molecule has 0 aromatic heterocycles. The van der Waals surface area contributed by atoms with Crippen LogP contribution in [0.15, 0.2) is 0 Å². The minimum Gasteiger partial charge on any atom is -0.480 e. The van der Waals surface area contributed by atoms with E-state index in [1.807, 2.05) is 0 Å². The molecule has 0 radical (unpaired) electrons. The maximum atomic E-state index is 10.7. The van der Waals surface area contributed by atoms with E-state index < -0.39 is 18.0 Å². The maximum Gasteiger partial charge on any atom is 0.320 e. The highest BCUT2D eigenvalue weighted by atomic mass is 16.4. The third-order valence-electron chi connectivity index (χ3n) is 1.86. The molecule has 0 aliphatic heterocycles. The van der Waals surface area contributed by atoms with Crippen LogP contribution in [-0.4, -0.2) is 46.2 Å². The average Bonchev–Trinajstić information content (AvgIpc) is 2.02. The molecular weight excluding hydrogens is 174 g/mol. The van der Waals surface area contributed by atoms with Gasteiger partial charge in [0.1, 0.15) is 6.04 Å². The Bertz CT molecular complexity index is 193. The van der Waals surface area contributed by atoms with E-state index >= 15 is 0 Å². The summed E-state index contributed by atoms with van der Waals surface area (Å²) in [5.74, 6) is -1.97. The Morgan fingerprint density at radius 1 is 1.31 bits per heavy atom. The van der Waals surface area contributed by atoms with Gasteiger partial charge in [-0.05, 0) is 13.0 Å². The first-order valence-electron chi connectivity index (χ1n) is 4.21. The summed E-state index contributed by atoms with van der Waals surface area (Å²) in [5, 5.41) is 17.3. The standard InChI is InChI=1S/C8H15NO4/c1-3-6(8(12)13)9(4-2)5-7(10)11/h6H,3-5H2,1-2H3,(H,10,11)(H,12,13).